The Kier molecular flexibility index (Phi) is 12.2. The first kappa shape index (κ1) is 30.1. The van der Waals surface area contributed by atoms with Crippen molar-refractivity contribution in [1.29, 1.82) is 0 Å². The van der Waals surface area contributed by atoms with Crippen molar-refractivity contribution in [3.05, 3.63) is 71.8 Å². The number of quaternary nitrogens is 2. The van der Waals surface area contributed by atoms with E-state index in [1.807, 2.05) is 0 Å². The second-order valence-electron chi connectivity index (χ2n) is 8.82. The summed E-state index contributed by atoms with van der Waals surface area (Å²) < 4.78 is 54.5. The molecular formula is C20H32N2O8S2. The summed E-state index contributed by atoms with van der Waals surface area (Å²) in [6.07, 6.45) is 0. The molecule has 0 heterocycles. The molecule has 0 saturated carbocycles. The summed E-state index contributed by atoms with van der Waals surface area (Å²) in [6, 6.07) is 21.1. The van der Waals surface area contributed by atoms with E-state index >= 15 is 0 Å². The van der Waals surface area contributed by atoms with Crippen LogP contribution in [0, 0.1) is 0 Å². The lowest BCUT2D eigenvalue weighted by molar-refractivity contribution is -0.884. The number of hydrogen-bond acceptors (Lipinski definition) is 8. The van der Waals surface area contributed by atoms with Crippen molar-refractivity contribution in [2.75, 3.05) is 42.3 Å². The van der Waals surface area contributed by atoms with Crippen LogP contribution in [0.4, 0.5) is 0 Å². The molecule has 0 aromatic heterocycles. The summed E-state index contributed by atoms with van der Waals surface area (Å²) >= 11 is 0. The summed E-state index contributed by atoms with van der Waals surface area (Å²) in [5.41, 5.74) is 2.81. The molecule has 0 fully saturated rings. The third-order valence-electron chi connectivity index (χ3n) is 3.25. The Morgan fingerprint density at radius 3 is 1.19 bits per heavy atom. The van der Waals surface area contributed by atoms with Crippen LogP contribution in [0.1, 0.15) is 11.1 Å². The molecule has 182 valence electrons. The highest BCUT2D eigenvalue weighted by molar-refractivity contribution is 7.94. The van der Waals surface area contributed by atoms with Gasteiger partial charge in [0.2, 0.25) is 10.4 Å². The van der Waals surface area contributed by atoms with Gasteiger partial charge in [-0.2, -0.15) is 8.42 Å². The largest absolute Gasteiger partial charge is 0.725 e. The van der Waals surface area contributed by atoms with E-state index in [0.29, 0.717) is 0 Å². The van der Waals surface area contributed by atoms with Crippen molar-refractivity contribution in [3.63, 3.8) is 0 Å². The zero-order valence-electron chi connectivity index (χ0n) is 19.2. The predicted molar refractivity (Wildman–Crippen MR) is 117 cm³/mol. The van der Waals surface area contributed by atoms with E-state index in [9.17, 15) is 21.4 Å². The average Bonchev–Trinajstić information content (AvgIpc) is 2.60. The van der Waals surface area contributed by atoms with E-state index in [1.54, 1.807) is 0 Å². The van der Waals surface area contributed by atoms with Crippen LogP contribution in [0.15, 0.2) is 60.7 Å². The van der Waals surface area contributed by atoms with Crippen molar-refractivity contribution in [2.45, 2.75) is 13.1 Å². The van der Waals surface area contributed by atoms with Gasteiger partial charge in [0.25, 0.3) is 0 Å². The van der Waals surface area contributed by atoms with Gasteiger partial charge < -0.3 is 23.1 Å². The van der Waals surface area contributed by atoms with E-state index in [-0.39, 0.29) is 0 Å². The standard InChI is InChI=1S/2C10H16N.H2O8S2/c2*1-11(2,3)9-10-7-5-4-6-8-10;1-7-10(5,6)8-9(2,3)4/h2*4-8H,9H2,1-3H3;1H,(H,2,3,4)/q2*+1;/p-2. The third kappa shape index (κ3) is 18.8. The molecule has 10 nitrogen and oxygen atoms in total. The highest BCUT2D eigenvalue weighted by atomic mass is 32.3. The summed E-state index contributed by atoms with van der Waals surface area (Å²) in [7, 11) is 2.52. The smallest absolute Gasteiger partial charge is 0.405 e. The summed E-state index contributed by atoms with van der Waals surface area (Å²) in [4.78, 5) is 0. The van der Waals surface area contributed by atoms with Gasteiger partial charge in [-0.3, -0.25) is 0 Å². The van der Waals surface area contributed by atoms with Crippen LogP contribution < -0.4 is 5.26 Å². The lowest BCUT2D eigenvalue weighted by Gasteiger charge is -2.23. The van der Waals surface area contributed by atoms with Gasteiger partial charge in [-0.05, 0) is 0 Å². The second-order valence-corrected chi connectivity index (χ2v) is 11.1. The minimum atomic E-state index is -5.46. The number of benzene rings is 2. The fourth-order valence-electron chi connectivity index (χ4n) is 2.38. The van der Waals surface area contributed by atoms with E-state index < -0.39 is 20.8 Å². The molecule has 0 aliphatic carbocycles. The normalized spacial score (nSPS) is 12.1. The Morgan fingerprint density at radius 2 is 1.00 bits per heavy atom. The molecule has 0 N–H and O–H groups in total. The molecule has 2 aromatic carbocycles. The van der Waals surface area contributed by atoms with Crippen LogP contribution >= 0.6 is 0 Å². The average molecular weight is 493 g/mol. The first-order valence-corrected chi connectivity index (χ1v) is 12.0. The molecule has 0 atom stereocenters. The van der Waals surface area contributed by atoms with Crippen LogP contribution in [0.25, 0.3) is 0 Å². The molecule has 0 amide bonds. The van der Waals surface area contributed by atoms with Gasteiger partial charge in [0.1, 0.15) is 13.1 Å². The van der Waals surface area contributed by atoms with E-state index in [0.717, 1.165) is 22.1 Å². The number of rotatable bonds is 7. The zero-order chi connectivity index (χ0) is 25.1. The maximum Gasteiger partial charge on any atom is 0.405 e. The molecule has 0 aliphatic rings. The predicted octanol–water partition coefficient (Wildman–Crippen LogP) is 0.786. The summed E-state index contributed by atoms with van der Waals surface area (Å²) in [5.74, 6) is 0. The SMILES string of the molecule is C[N+](C)(C)Cc1ccccc1.C[N+](C)(C)Cc1ccccc1.O=S(=O)([O-])OS(=O)(=O)O[O-]. The Hall–Kier alpha value is -1.90. The Morgan fingerprint density at radius 1 is 0.688 bits per heavy atom. The highest BCUT2D eigenvalue weighted by Gasteiger charge is 2.11. The number of hydrogen-bond donors (Lipinski definition) is 0. The Bertz CT molecular complexity index is 932. The summed E-state index contributed by atoms with van der Waals surface area (Å²) in [6.45, 7) is 2.20. The molecule has 32 heavy (non-hydrogen) atoms. The van der Waals surface area contributed by atoms with Crippen molar-refractivity contribution < 1.29 is 43.6 Å². The van der Waals surface area contributed by atoms with Gasteiger partial charge in [0, 0.05) is 11.1 Å². The maximum atomic E-state index is 9.68. The molecular weight excluding hydrogens is 460 g/mol. The molecule has 0 spiro atoms. The maximum absolute atomic E-state index is 9.68. The van der Waals surface area contributed by atoms with Crippen LogP contribution in [0.2, 0.25) is 0 Å². The molecule has 0 saturated heterocycles. The minimum Gasteiger partial charge on any atom is -0.725 e. The van der Waals surface area contributed by atoms with Crippen LogP contribution in [0.5, 0.6) is 0 Å². The van der Waals surface area contributed by atoms with Gasteiger partial charge in [0.15, 0.2) is 0 Å². The van der Waals surface area contributed by atoms with Crippen LogP contribution in [-0.4, -0.2) is 72.6 Å². The van der Waals surface area contributed by atoms with E-state index in [4.69, 9.17) is 5.26 Å². The highest BCUT2D eigenvalue weighted by Crippen LogP contribution is 2.06. The van der Waals surface area contributed by atoms with Gasteiger partial charge >= 0.3 is 10.4 Å². The topological polar surface area (TPSA) is 133 Å². The molecule has 12 heteroatoms. The van der Waals surface area contributed by atoms with E-state index in [1.165, 1.54) is 11.1 Å². The van der Waals surface area contributed by atoms with Crippen molar-refractivity contribution >= 4 is 20.8 Å². The Balaban J connectivity index is 0.000000452. The second kappa shape index (κ2) is 13.0. The third-order valence-corrected chi connectivity index (χ3v) is 4.75. The lowest BCUT2D eigenvalue weighted by atomic mass is 10.2. The molecule has 0 unspecified atom stereocenters. The quantitative estimate of drug-likeness (QED) is 0.182. The van der Waals surface area contributed by atoms with Crippen LogP contribution in [0.3, 0.4) is 0 Å². The lowest BCUT2D eigenvalue weighted by Crippen LogP contribution is -2.33. The van der Waals surface area contributed by atoms with Gasteiger partial charge in [-0.1, -0.05) is 60.7 Å². The molecule has 2 rings (SSSR count). The molecule has 0 bridgehead atoms. The van der Waals surface area contributed by atoms with Crippen molar-refractivity contribution in [3.8, 4) is 0 Å². The molecule has 0 aliphatic heterocycles. The first-order chi connectivity index (χ1) is 14.4. The van der Waals surface area contributed by atoms with Crippen LogP contribution in [-0.2, 0) is 41.9 Å². The van der Waals surface area contributed by atoms with Crippen molar-refractivity contribution in [2.24, 2.45) is 0 Å². The van der Waals surface area contributed by atoms with Gasteiger partial charge in [0.05, 0.1) is 42.3 Å². The zero-order valence-corrected chi connectivity index (χ0v) is 20.8. The molecule has 2 aromatic rings. The van der Waals surface area contributed by atoms with E-state index in [2.05, 4.69) is 111 Å². The van der Waals surface area contributed by atoms with Crippen molar-refractivity contribution in [1.82, 2.24) is 0 Å². The molecule has 0 radical (unpaired) electrons. The van der Waals surface area contributed by atoms with Gasteiger partial charge in [-0.25, -0.2) is 8.42 Å². The summed E-state index contributed by atoms with van der Waals surface area (Å²) in [5, 5.41) is 9.01. The van der Waals surface area contributed by atoms with Gasteiger partial charge in [-0.15, -0.1) is 3.63 Å². The minimum absolute atomic E-state index is 0.990. The first-order valence-electron chi connectivity index (χ1n) is 9.34. The fourth-order valence-corrected chi connectivity index (χ4v) is 3.28. The fraction of sp³-hybridized carbons (Fsp3) is 0.400. The number of nitrogens with zero attached hydrogens (tertiary/aromatic N) is 2. The monoisotopic (exact) mass is 492 g/mol. The Labute approximate surface area is 191 Å².